The summed E-state index contributed by atoms with van der Waals surface area (Å²) < 4.78 is 0. The van der Waals surface area contributed by atoms with Crippen LogP contribution in [0.25, 0.3) is 54.9 Å². The molecule has 0 amide bonds. The van der Waals surface area contributed by atoms with Crippen molar-refractivity contribution in [2.24, 2.45) is 0 Å². The monoisotopic (exact) mass is 737 g/mol. The van der Waals surface area contributed by atoms with Crippen LogP contribution < -0.4 is 4.90 Å². The molecule has 10 aromatic carbocycles. The van der Waals surface area contributed by atoms with Gasteiger partial charge in [-0.2, -0.15) is 0 Å². The molecule has 58 heavy (non-hydrogen) atoms. The Morgan fingerprint density at radius 1 is 0.293 bits per heavy atom. The van der Waals surface area contributed by atoms with Gasteiger partial charge in [0.15, 0.2) is 0 Å². The Kier molecular flexibility index (Phi) is 8.12. The van der Waals surface area contributed by atoms with Gasteiger partial charge in [-0.3, -0.25) is 0 Å². The summed E-state index contributed by atoms with van der Waals surface area (Å²) in [5.74, 6) is 0. The zero-order valence-corrected chi connectivity index (χ0v) is 32.0. The van der Waals surface area contributed by atoms with Gasteiger partial charge in [0.1, 0.15) is 0 Å². The number of hydrogen-bond acceptors (Lipinski definition) is 1. The summed E-state index contributed by atoms with van der Waals surface area (Å²) in [6.07, 6.45) is 0. The van der Waals surface area contributed by atoms with Crippen LogP contribution in [-0.4, -0.2) is 0 Å². The minimum atomic E-state index is -0.455. The SMILES string of the molecule is c1ccc(-c2cccc(-c3ccc(N(c4ccc5c(c4)-c4ccccc4C5(c4ccccc4)c4ccccc4)c4cc5ccccc5c5ccccc45)cc3)c2)cc1. The average molecular weight is 738 g/mol. The van der Waals surface area contributed by atoms with Crippen molar-refractivity contribution in [3.8, 4) is 33.4 Å². The number of benzene rings is 10. The lowest BCUT2D eigenvalue weighted by Gasteiger charge is -2.34. The topological polar surface area (TPSA) is 3.24 Å². The second kappa shape index (κ2) is 13.9. The molecule has 1 aliphatic rings. The minimum absolute atomic E-state index is 0.455. The summed E-state index contributed by atoms with van der Waals surface area (Å²) >= 11 is 0. The number of rotatable bonds is 7. The molecule has 0 aliphatic heterocycles. The molecule has 1 aliphatic carbocycles. The van der Waals surface area contributed by atoms with Gasteiger partial charge in [0.05, 0.1) is 11.1 Å². The number of anilines is 3. The van der Waals surface area contributed by atoms with Gasteiger partial charge in [0.2, 0.25) is 0 Å². The number of hydrogen-bond donors (Lipinski definition) is 0. The second-order valence-corrected chi connectivity index (χ2v) is 15.2. The highest BCUT2D eigenvalue weighted by Crippen LogP contribution is 2.57. The Labute approximate surface area is 339 Å². The van der Waals surface area contributed by atoms with E-state index in [4.69, 9.17) is 0 Å². The maximum absolute atomic E-state index is 2.47. The molecule has 0 bridgehead atoms. The van der Waals surface area contributed by atoms with Crippen molar-refractivity contribution in [3.63, 3.8) is 0 Å². The summed E-state index contributed by atoms with van der Waals surface area (Å²) in [4.78, 5) is 2.47. The molecule has 0 saturated carbocycles. The van der Waals surface area contributed by atoms with Crippen LogP contribution in [0, 0.1) is 0 Å². The smallest absolute Gasteiger partial charge is 0.0713 e. The minimum Gasteiger partial charge on any atom is -0.310 e. The molecule has 0 atom stereocenters. The number of fused-ring (bicyclic) bond motifs is 6. The van der Waals surface area contributed by atoms with Gasteiger partial charge in [-0.25, -0.2) is 0 Å². The van der Waals surface area contributed by atoms with Gasteiger partial charge < -0.3 is 4.90 Å². The first-order chi connectivity index (χ1) is 28.8. The van der Waals surface area contributed by atoms with Crippen molar-refractivity contribution in [2.75, 3.05) is 4.90 Å². The lowest BCUT2D eigenvalue weighted by Crippen LogP contribution is -2.28. The van der Waals surface area contributed by atoms with Crippen LogP contribution in [0.3, 0.4) is 0 Å². The maximum Gasteiger partial charge on any atom is 0.0713 e. The van der Waals surface area contributed by atoms with Crippen molar-refractivity contribution in [3.05, 3.63) is 259 Å². The third kappa shape index (κ3) is 5.39. The van der Waals surface area contributed by atoms with Crippen molar-refractivity contribution in [2.45, 2.75) is 5.41 Å². The lowest BCUT2D eigenvalue weighted by atomic mass is 9.68. The summed E-state index contributed by atoms with van der Waals surface area (Å²) in [7, 11) is 0. The first-order valence-corrected chi connectivity index (χ1v) is 20.1. The van der Waals surface area contributed by atoms with E-state index in [-0.39, 0.29) is 0 Å². The average Bonchev–Trinajstić information content (AvgIpc) is 3.61. The molecule has 11 rings (SSSR count). The van der Waals surface area contributed by atoms with Gasteiger partial charge in [0, 0.05) is 16.8 Å². The lowest BCUT2D eigenvalue weighted by molar-refractivity contribution is 0.768. The first-order valence-electron chi connectivity index (χ1n) is 20.1. The van der Waals surface area contributed by atoms with Crippen molar-refractivity contribution >= 4 is 38.6 Å². The highest BCUT2D eigenvalue weighted by Gasteiger charge is 2.46. The molecule has 0 unspecified atom stereocenters. The zero-order valence-electron chi connectivity index (χ0n) is 32.0. The van der Waals surface area contributed by atoms with Gasteiger partial charge in [-0.15, -0.1) is 0 Å². The van der Waals surface area contributed by atoms with Crippen LogP contribution in [-0.2, 0) is 5.41 Å². The first kappa shape index (κ1) is 33.8. The summed E-state index contributed by atoms with van der Waals surface area (Å²) in [5.41, 5.74) is 15.4. The molecule has 0 spiro atoms. The van der Waals surface area contributed by atoms with Gasteiger partial charge in [-0.05, 0) is 108 Å². The molecular formula is C57H39N. The predicted molar refractivity (Wildman–Crippen MR) is 244 cm³/mol. The summed E-state index contributed by atoms with van der Waals surface area (Å²) in [6, 6.07) is 86.8. The Bertz CT molecular complexity index is 3050. The largest absolute Gasteiger partial charge is 0.310 e. The molecule has 1 heteroatoms. The molecular weight excluding hydrogens is 699 g/mol. The number of nitrogens with zero attached hydrogens (tertiary/aromatic N) is 1. The molecule has 10 aromatic rings. The molecule has 0 saturated heterocycles. The van der Waals surface area contributed by atoms with Crippen molar-refractivity contribution in [1.29, 1.82) is 0 Å². The van der Waals surface area contributed by atoms with E-state index >= 15 is 0 Å². The van der Waals surface area contributed by atoms with Crippen LogP contribution in [0.4, 0.5) is 17.1 Å². The van der Waals surface area contributed by atoms with E-state index in [0.29, 0.717) is 0 Å². The van der Waals surface area contributed by atoms with Crippen LogP contribution in [0.15, 0.2) is 237 Å². The van der Waals surface area contributed by atoms with Crippen LogP contribution >= 0.6 is 0 Å². The third-order valence-corrected chi connectivity index (χ3v) is 12.1. The quantitative estimate of drug-likeness (QED) is 0.147. The maximum atomic E-state index is 2.47. The fourth-order valence-corrected chi connectivity index (χ4v) is 9.53. The normalized spacial score (nSPS) is 12.6. The van der Waals surface area contributed by atoms with E-state index in [1.165, 1.54) is 77.2 Å². The fourth-order valence-electron chi connectivity index (χ4n) is 9.53. The highest BCUT2D eigenvalue weighted by molar-refractivity contribution is 6.14. The van der Waals surface area contributed by atoms with Crippen molar-refractivity contribution < 1.29 is 0 Å². The van der Waals surface area contributed by atoms with Crippen LogP contribution in [0.5, 0.6) is 0 Å². The van der Waals surface area contributed by atoms with Crippen molar-refractivity contribution in [1.82, 2.24) is 0 Å². The van der Waals surface area contributed by atoms with E-state index in [1.807, 2.05) is 0 Å². The third-order valence-electron chi connectivity index (χ3n) is 12.1. The standard InChI is InChI=1S/C57H39N/c1-4-17-40(18-5-1)42-20-16-21-43(37-42)41-31-33-47(34-32-41)58(56-38-44-19-10-11-26-49(44)50-27-12-13-29-52(50)56)48-35-36-55-53(39-48)51-28-14-15-30-54(51)57(55,45-22-6-2-7-23-45)46-24-8-3-9-25-46/h1-39H. The second-order valence-electron chi connectivity index (χ2n) is 15.2. The fraction of sp³-hybridized carbons (Fsp3) is 0.0175. The van der Waals surface area contributed by atoms with Gasteiger partial charge in [-0.1, -0.05) is 200 Å². The zero-order chi connectivity index (χ0) is 38.5. The predicted octanol–water partition coefficient (Wildman–Crippen LogP) is 15.2. The summed E-state index contributed by atoms with van der Waals surface area (Å²) in [6.45, 7) is 0. The van der Waals surface area contributed by atoms with Crippen LogP contribution in [0.2, 0.25) is 0 Å². The molecule has 0 aromatic heterocycles. The Hall–Kier alpha value is -7.48. The van der Waals surface area contributed by atoms with E-state index in [1.54, 1.807) is 0 Å². The molecule has 0 N–H and O–H groups in total. The Morgan fingerprint density at radius 2 is 0.810 bits per heavy atom. The molecule has 272 valence electrons. The van der Waals surface area contributed by atoms with E-state index in [2.05, 4.69) is 241 Å². The van der Waals surface area contributed by atoms with Gasteiger partial charge in [0.25, 0.3) is 0 Å². The summed E-state index contributed by atoms with van der Waals surface area (Å²) in [5, 5.41) is 4.93. The molecule has 0 radical (unpaired) electrons. The van der Waals surface area contributed by atoms with E-state index < -0.39 is 5.41 Å². The molecule has 0 fully saturated rings. The van der Waals surface area contributed by atoms with E-state index in [0.717, 1.165) is 17.1 Å². The van der Waals surface area contributed by atoms with Crippen LogP contribution in [0.1, 0.15) is 22.3 Å². The Morgan fingerprint density at radius 3 is 1.52 bits per heavy atom. The highest BCUT2D eigenvalue weighted by atomic mass is 15.1. The Balaban J connectivity index is 1.13. The molecule has 0 heterocycles. The molecule has 1 nitrogen and oxygen atoms in total. The van der Waals surface area contributed by atoms with Gasteiger partial charge >= 0.3 is 0 Å². The van der Waals surface area contributed by atoms with E-state index in [9.17, 15) is 0 Å².